The minimum absolute atomic E-state index is 0.165. The average Bonchev–Trinajstić information content (AvgIpc) is 2.97. The van der Waals surface area contributed by atoms with E-state index >= 15 is 0 Å². The lowest BCUT2D eigenvalue weighted by atomic mass is 10.0. The van der Waals surface area contributed by atoms with Crippen molar-refractivity contribution < 1.29 is 15.3 Å². The Morgan fingerprint density at radius 3 is 2.54 bits per heavy atom. The van der Waals surface area contributed by atoms with Gasteiger partial charge in [0.05, 0.1) is 21.1 Å². The number of anilines is 1. The van der Waals surface area contributed by atoms with Gasteiger partial charge in [0.2, 0.25) is 5.95 Å². The zero-order valence-corrected chi connectivity index (χ0v) is 14.5. The van der Waals surface area contributed by atoms with E-state index in [4.69, 9.17) is 23.2 Å². The van der Waals surface area contributed by atoms with E-state index in [0.717, 1.165) is 19.5 Å². The van der Waals surface area contributed by atoms with Crippen LogP contribution >= 0.6 is 23.2 Å². The molecule has 3 atom stereocenters. The van der Waals surface area contributed by atoms with Crippen molar-refractivity contribution in [3.63, 3.8) is 0 Å². The predicted molar refractivity (Wildman–Crippen MR) is 92.6 cm³/mol. The minimum Gasteiger partial charge on any atom is -0.396 e. The van der Waals surface area contributed by atoms with Crippen molar-refractivity contribution in [1.82, 2.24) is 9.55 Å². The van der Waals surface area contributed by atoms with Crippen LogP contribution in [0.5, 0.6) is 0 Å². The summed E-state index contributed by atoms with van der Waals surface area (Å²) in [6.07, 6.45) is 0.861. The largest absolute Gasteiger partial charge is 0.396 e. The molecule has 0 spiro atoms. The smallest absolute Gasteiger partial charge is 0.209 e. The number of nitrogens with zero attached hydrogens (tertiary/aromatic N) is 3. The van der Waals surface area contributed by atoms with E-state index in [9.17, 15) is 15.3 Å². The second-order valence-corrected chi connectivity index (χ2v) is 7.46. The Labute approximate surface area is 149 Å². The number of hydrogen-bond acceptors (Lipinski definition) is 5. The maximum atomic E-state index is 11.3. The van der Waals surface area contributed by atoms with Gasteiger partial charge in [-0.2, -0.15) is 0 Å². The zero-order valence-electron chi connectivity index (χ0n) is 13.0. The molecule has 24 heavy (non-hydrogen) atoms. The Bertz CT molecular complexity index is 792. The second-order valence-electron chi connectivity index (χ2n) is 6.65. The fraction of sp³-hybridized carbons (Fsp3) is 0.562. The van der Waals surface area contributed by atoms with Crippen LogP contribution in [0.1, 0.15) is 19.3 Å². The molecule has 2 aromatic rings. The van der Waals surface area contributed by atoms with Crippen LogP contribution in [0.2, 0.25) is 10.0 Å². The first-order valence-electron chi connectivity index (χ1n) is 8.10. The van der Waals surface area contributed by atoms with E-state index < -0.39 is 11.8 Å². The van der Waals surface area contributed by atoms with Gasteiger partial charge < -0.3 is 20.2 Å². The van der Waals surface area contributed by atoms with Gasteiger partial charge in [-0.15, -0.1) is 0 Å². The summed E-state index contributed by atoms with van der Waals surface area (Å²) in [5.74, 6) is 0.245. The van der Waals surface area contributed by atoms with Gasteiger partial charge in [0, 0.05) is 25.6 Å². The third-order valence-electron chi connectivity index (χ3n) is 5.24. The Balaban J connectivity index is 1.93. The lowest BCUT2D eigenvalue weighted by molar-refractivity contribution is -0.126. The van der Waals surface area contributed by atoms with Crippen molar-refractivity contribution in [2.24, 2.45) is 5.92 Å². The third-order valence-corrected chi connectivity index (χ3v) is 5.96. The number of benzene rings is 1. The first-order chi connectivity index (χ1) is 11.5. The second kappa shape index (κ2) is 5.75. The molecule has 3 unspecified atom stereocenters. The summed E-state index contributed by atoms with van der Waals surface area (Å²) in [6.45, 7) is 1.53. The Morgan fingerprint density at radius 2 is 1.96 bits per heavy atom. The molecule has 6 nitrogen and oxygen atoms in total. The van der Waals surface area contributed by atoms with Crippen LogP contribution in [0.15, 0.2) is 12.1 Å². The molecule has 1 saturated carbocycles. The molecular formula is C16H19Cl2N3O3. The lowest BCUT2D eigenvalue weighted by Gasteiger charge is -2.38. The summed E-state index contributed by atoms with van der Waals surface area (Å²) >= 11 is 12.3. The Morgan fingerprint density at radius 1 is 1.25 bits per heavy atom. The maximum Gasteiger partial charge on any atom is 0.209 e. The molecule has 1 saturated heterocycles. The first-order valence-corrected chi connectivity index (χ1v) is 8.85. The number of aliphatic hydroxyl groups excluding tert-OH is 2. The SMILES string of the molecule is OCC1CCC(O)(n2c(N3CCC3)nc3cc(Cl)c(Cl)cc32)C1O. The molecule has 1 aromatic heterocycles. The van der Waals surface area contributed by atoms with Gasteiger partial charge in [-0.05, 0) is 31.4 Å². The third kappa shape index (κ3) is 2.24. The number of imidazole rings is 1. The molecule has 4 rings (SSSR count). The van der Waals surface area contributed by atoms with E-state index in [1.165, 1.54) is 0 Å². The van der Waals surface area contributed by atoms with Gasteiger partial charge in [-0.25, -0.2) is 4.98 Å². The summed E-state index contributed by atoms with van der Waals surface area (Å²) < 4.78 is 1.67. The molecule has 0 amide bonds. The van der Waals surface area contributed by atoms with E-state index in [0.29, 0.717) is 39.9 Å². The predicted octanol–water partition coefficient (Wildman–Crippen LogP) is 1.96. The summed E-state index contributed by atoms with van der Waals surface area (Å²) in [6, 6.07) is 3.35. The van der Waals surface area contributed by atoms with Crippen LogP contribution in [0.3, 0.4) is 0 Å². The standard InChI is InChI=1S/C16H19Cl2N3O3/c17-10-6-12-13(7-11(10)18)21(15(19-12)20-4-1-5-20)16(24)3-2-9(8-22)14(16)23/h6-7,9,14,22-24H,1-5,8H2. The normalized spacial score (nSPS) is 30.1. The van der Waals surface area contributed by atoms with Crippen molar-refractivity contribution in [2.75, 3.05) is 24.6 Å². The summed E-state index contributed by atoms with van der Waals surface area (Å²) in [5, 5.41) is 32.1. The number of fused-ring (bicyclic) bond motifs is 1. The fourth-order valence-electron chi connectivity index (χ4n) is 3.69. The highest BCUT2D eigenvalue weighted by atomic mass is 35.5. The van der Waals surface area contributed by atoms with Crippen molar-refractivity contribution >= 4 is 40.2 Å². The molecule has 1 aliphatic heterocycles. The molecule has 2 aliphatic rings. The Hall–Kier alpha value is -1.05. The summed E-state index contributed by atoms with van der Waals surface area (Å²) in [5.41, 5.74) is -0.268. The van der Waals surface area contributed by atoms with Gasteiger partial charge in [-0.3, -0.25) is 4.57 Å². The zero-order chi connectivity index (χ0) is 17.1. The summed E-state index contributed by atoms with van der Waals surface area (Å²) in [4.78, 5) is 6.68. The van der Waals surface area contributed by atoms with Gasteiger partial charge >= 0.3 is 0 Å². The van der Waals surface area contributed by atoms with Gasteiger partial charge in [-0.1, -0.05) is 23.2 Å². The van der Waals surface area contributed by atoms with Crippen LogP contribution in [-0.2, 0) is 5.72 Å². The number of aromatic nitrogens is 2. The molecule has 2 fully saturated rings. The van der Waals surface area contributed by atoms with Crippen molar-refractivity contribution in [1.29, 1.82) is 0 Å². The molecule has 1 aromatic carbocycles. The highest BCUT2D eigenvalue weighted by molar-refractivity contribution is 6.42. The van der Waals surface area contributed by atoms with Crippen molar-refractivity contribution in [3.8, 4) is 0 Å². The molecule has 1 aliphatic carbocycles. The molecule has 130 valence electrons. The molecule has 3 N–H and O–H groups in total. The number of aliphatic hydroxyl groups is 3. The monoisotopic (exact) mass is 371 g/mol. The first kappa shape index (κ1) is 16.4. The number of hydrogen-bond donors (Lipinski definition) is 3. The van der Waals surface area contributed by atoms with Crippen LogP contribution < -0.4 is 4.90 Å². The van der Waals surface area contributed by atoms with E-state index in [2.05, 4.69) is 9.88 Å². The average molecular weight is 372 g/mol. The molecule has 8 heteroatoms. The number of halogens is 2. The highest BCUT2D eigenvalue weighted by Crippen LogP contribution is 2.44. The van der Waals surface area contributed by atoms with Crippen LogP contribution in [-0.4, -0.2) is 50.7 Å². The summed E-state index contributed by atoms with van der Waals surface area (Å²) in [7, 11) is 0. The van der Waals surface area contributed by atoms with Crippen molar-refractivity contribution in [3.05, 3.63) is 22.2 Å². The quantitative estimate of drug-likeness (QED) is 0.768. The molecule has 2 heterocycles. The molecule has 0 bridgehead atoms. The van der Waals surface area contributed by atoms with Crippen LogP contribution in [0.25, 0.3) is 11.0 Å². The van der Waals surface area contributed by atoms with Crippen molar-refractivity contribution in [2.45, 2.75) is 31.1 Å². The van der Waals surface area contributed by atoms with Gasteiger partial charge in [0.1, 0.15) is 6.10 Å². The topological polar surface area (TPSA) is 81.8 Å². The number of rotatable bonds is 3. The highest BCUT2D eigenvalue weighted by Gasteiger charge is 2.50. The van der Waals surface area contributed by atoms with Gasteiger partial charge in [0.15, 0.2) is 5.72 Å². The van der Waals surface area contributed by atoms with E-state index in [1.807, 2.05) is 0 Å². The lowest BCUT2D eigenvalue weighted by Crippen LogP contribution is -2.47. The van der Waals surface area contributed by atoms with E-state index in [1.54, 1.807) is 16.7 Å². The van der Waals surface area contributed by atoms with Crippen LogP contribution in [0.4, 0.5) is 5.95 Å². The maximum absolute atomic E-state index is 11.3. The van der Waals surface area contributed by atoms with Crippen LogP contribution in [0, 0.1) is 5.92 Å². The van der Waals surface area contributed by atoms with Gasteiger partial charge in [0.25, 0.3) is 0 Å². The fourth-order valence-corrected chi connectivity index (χ4v) is 4.00. The molecular weight excluding hydrogens is 353 g/mol. The molecule has 0 radical (unpaired) electrons. The Kier molecular flexibility index (Phi) is 3.93. The van der Waals surface area contributed by atoms with E-state index in [-0.39, 0.29) is 12.5 Å². The minimum atomic E-state index is -1.52.